The number of rotatable bonds is 4. The van der Waals surface area contributed by atoms with Gasteiger partial charge in [0.2, 0.25) is 0 Å². The number of benzene rings is 1. The van der Waals surface area contributed by atoms with Gasteiger partial charge in [-0.2, -0.15) is 0 Å². The first-order valence-electron chi connectivity index (χ1n) is 7.99. The maximum atomic E-state index is 12.8. The van der Waals surface area contributed by atoms with E-state index in [1.807, 2.05) is 24.4 Å². The summed E-state index contributed by atoms with van der Waals surface area (Å²) < 4.78 is 0. The molecule has 23 heavy (non-hydrogen) atoms. The molecule has 2 atom stereocenters. The normalized spacial score (nSPS) is 24.3. The average molecular weight is 329 g/mol. The van der Waals surface area contributed by atoms with Crippen LogP contribution in [0.2, 0.25) is 5.02 Å². The summed E-state index contributed by atoms with van der Waals surface area (Å²) in [7, 11) is 0. The Hall–Kier alpha value is -1.71. The summed E-state index contributed by atoms with van der Waals surface area (Å²) in [6.45, 7) is 3.06. The van der Waals surface area contributed by atoms with Gasteiger partial charge in [-0.15, -0.1) is 0 Å². The van der Waals surface area contributed by atoms with Crippen molar-refractivity contribution in [3.63, 3.8) is 0 Å². The van der Waals surface area contributed by atoms with Crippen LogP contribution in [-0.2, 0) is 6.42 Å². The Morgan fingerprint density at radius 1 is 1.35 bits per heavy atom. The van der Waals surface area contributed by atoms with Crippen molar-refractivity contribution in [1.29, 1.82) is 0 Å². The first-order valence-corrected chi connectivity index (χ1v) is 8.37. The Kier molecular flexibility index (Phi) is 4.79. The number of aromatic nitrogens is 1. The van der Waals surface area contributed by atoms with Crippen molar-refractivity contribution in [3.8, 4) is 0 Å². The van der Waals surface area contributed by atoms with Gasteiger partial charge in [0.05, 0.1) is 0 Å². The molecule has 1 N–H and O–H groups in total. The molecule has 1 aromatic heterocycles. The summed E-state index contributed by atoms with van der Waals surface area (Å²) >= 11 is 5.91. The summed E-state index contributed by atoms with van der Waals surface area (Å²) in [5.41, 5.74) is 1.88. The van der Waals surface area contributed by atoms with Gasteiger partial charge in [0.25, 0.3) is 0 Å². The first-order chi connectivity index (χ1) is 11.1. The van der Waals surface area contributed by atoms with Crippen LogP contribution < -0.4 is 5.32 Å². The molecule has 4 heteroatoms. The largest absolute Gasteiger partial charge is 0.311 e. The summed E-state index contributed by atoms with van der Waals surface area (Å²) in [4.78, 5) is 17.0. The molecule has 0 radical (unpaired) electrons. The molecule has 0 aliphatic carbocycles. The third kappa shape index (κ3) is 3.98. The predicted octanol–water partition coefficient (Wildman–Crippen LogP) is 3.92. The standard InChI is InChI=1S/C19H21ClN2O/c1-19(11-14-3-2-9-21-13-14)12-16(8-10-22-19)18(23)15-4-6-17(20)7-5-15/h2-7,9,13,16,22H,8,10-12H2,1H3. The van der Waals surface area contributed by atoms with E-state index in [2.05, 4.69) is 23.3 Å². The summed E-state index contributed by atoms with van der Waals surface area (Å²) in [5.74, 6) is 0.277. The number of Topliss-reactive ketones (excluding diaryl/α,β-unsaturated/α-hetero) is 1. The van der Waals surface area contributed by atoms with Gasteiger partial charge >= 0.3 is 0 Å². The Balaban J connectivity index is 1.72. The van der Waals surface area contributed by atoms with E-state index in [4.69, 9.17) is 11.6 Å². The average Bonchev–Trinajstić information content (AvgIpc) is 2.55. The molecule has 1 fully saturated rings. The fraction of sp³-hybridized carbons (Fsp3) is 0.368. The SMILES string of the molecule is CC1(Cc2cccnc2)CC(C(=O)c2ccc(Cl)cc2)CCN1. The maximum absolute atomic E-state index is 12.8. The first kappa shape index (κ1) is 16.2. The lowest BCUT2D eigenvalue weighted by atomic mass is 9.77. The Morgan fingerprint density at radius 3 is 2.83 bits per heavy atom. The van der Waals surface area contributed by atoms with E-state index in [0.29, 0.717) is 5.02 Å². The Labute approximate surface area is 142 Å². The molecule has 3 nitrogen and oxygen atoms in total. The van der Waals surface area contributed by atoms with E-state index < -0.39 is 0 Å². The van der Waals surface area contributed by atoms with Crippen molar-refractivity contribution in [2.24, 2.45) is 5.92 Å². The highest BCUT2D eigenvalue weighted by atomic mass is 35.5. The molecule has 3 rings (SSSR count). The van der Waals surface area contributed by atoms with Gasteiger partial charge in [-0.1, -0.05) is 17.7 Å². The van der Waals surface area contributed by atoms with Crippen LogP contribution in [0.1, 0.15) is 35.7 Å². The molecule has 1 aliphatic heterocycles. The zero-order valence-corrected chi connectivity index (χ0v) is 14.0. The van der Waals surface area contributed by atoms with Crippen LogP contribution in [0.25, 0.3) is 0 Å². The van der Waals surface area contributed by atoms with Crippen LogP contribution in [0.3, 0.4) is 0 Å². The highest BCUT2D eigenvalue weighted by Crippen LogP contribution is 2.30. The number of nitrogens with one attached hydrogen (secondary N) is 1. The van der Waals surface area contributed by atoms with E-state index in [0.717, 1.165) is 31.4 Å². The number of piperidine rings is 1. The van der Waals surface area contributed by atoms with Crippen LogP contribution in [0.4, 0.5) is 0 Å². The van der Waals surface area contributed by atoms with Gasteiger partial charge in [-0.25, -0.2) is 0 Å². The number of pyridine rings is 1. The summed E-state index contributed by atoms with van der Waals surface area (Å²) in [6, 6.07) is 11.3. The molecule has 1 saturated heterocycles. The summed E-state index contributed by atoms with van der Waals surface area (Å²) in [6.07, 6.45) is 6.28. The monoisotopic (exact) mass is 328 g/mol. The Morgan fingerprint density at radius 2 is 2.13 bits per heavy atom. The maximum Gasteiger partial charge on any atom is 0.166 e. The molecule has 1 aliphatic rings. The van der Waals surface area contributed by atoms with Crippen molar-refractivity contribution >= 4 is 17.4 Å². The lowest BCUT2D eigenvalue weighted by molar-refractivity contribution is 0.0841. The van der Waals surface area contributed by atoms with E-state index in [-0.39, 0.29) is 17.2 Å². The zero-order chi connectivity index (χ0) is 16.3. The molecule has 2 aromatic rings. The highest BCUT2D eigenvalue weighted by molar-refractivity contribution is 6.30. The molecule has 1 aromatic carbocycles. The molecule has 2 unspecified atom stereocenters. The molecular formula is C19H21ClN2O. The third-order valence-electron chi connectivity index (χ3n) is 4.56. The fourth-order valence-corrected chi connectivity index (χ4v) is 3.55. The predicted molar refractivity (Wildman–Crippen MR) is 92.9 cm³/mol. The van der Waals surface area contributed by atoms with E-state index in [9.17, 15) is 4.79 Å². The van der Waals surface area contributed by atoms with Gasteiger partial charge in [-0.3, -0.25) is 9.78 Å². The van der Waals surface area contributed by atoms with Gasteiger partial charge in [-0.05, 0) is 68.6 Å². The van der Waals surface area contributed by atoms with Gasteiger partial charge in [0.15, 0.2) is 5.78 Å². The molecule has 2 heterocycles. The number of hydrogen-bond acceptors (Lipinski definition) is 3. The molecule has 0 spiro atoms. The second-order valence-electron chi connectivity index (χ2n) is 6.59. The van der Waals surface area contributed by atoms with Crippen molar-refractivity contribution in [3.05, 3.63) is 64.9 Å². The van der Waals surface area contributed by atoms with Crippen LogP contribution in [0, 0.1) is 5.92 Å². The minimum atomic E-state index is -0.0754. The van der Waals surface area contributed by atoms with Gasteiger partial charge < -0.3 is 5.32 Å². The molecular weight excluding hydrogens is 308 g/mol. The number of carbonyl (C=O) groups excluding carboxylic acids is 1. The zero-order valence-electron chi connectivity index (χ0n) is 13.3. The van der Waals surface area contributed by atoms with E-state index >= 15 is 0 Å². The van der Waals surface area contributed by atoms with Crippen molar-refractivity contribution in [2.45, 2.75) is 31.7 Å². The van der Waals surface area contributed by atoms with Crippen LogP contribution in [0.5, 0.6) is 0 Å². The van der Waals surface area contributed by atoms with Crippen molar-refractivity contribution in [2.75, 3.05) is 6.54 Å². The lowest BCUT2D eigenvalue weighted by Gasteiger charge is -2.39. The Bertz CT molecular complexity index is 672. The van der Waals surface area contributed by atoms with Crippen molar-refractivity contribution < 1.29 is 4.79 Å². The van der Waals surface area contributed by atoms with Crippen LogP contribution in [0.15, 0.2) is 48.8 Å². The minimum Gasteiger partial charge on any atom is -0.311 e. The lowest BCUT2D eigenvalue weighted by Crippen LogP contribution is -2.51. The number of carbonyl (C=O) groups is 1. The number of nitrogens with zero attached hydrogens (tertiary/aromatic N) is 1. The number of halogens is 1. The molecule has 0 bridgehead atoms. The fourth-order valence-electron chi connectivity index (χ4n) is 3.43. The van der Waals surface area contributed by atoms with Gasteiger partial charge in [0, 0.05) is 34.4 Å². The number of hydrogen-bond donors (Lipinski definition) is 1. The van der Waals surface area contributed by atoms with E-state index in [1.54, 1.807) is 18.3 Å². The topological polar surface area (TPSA) is 42.0 Å². The van der Waals surface area contributed by atoms with Gasteiger partial charge in [0.1, 0.15) is 0 Å². The molecule has 0 amide bonds. The van der Waals surface area contributed by atoms with E-state index in [1.165, 1.54) is 5.56 Å². The summed E-state index contributed by atoms with van der Waals surface area (Å²) in [5, 5.41) is 4.25. The second kappa shape index (κ2) is 6.81. The third-order valence-corrected chi connectivity index (χ3v) is 4.81. The second-order valence-corrected chi connectivity index (χ2v) is 7.02. The van der Waals surface area contributed by atoms with Crippen LogP contribution >= 0.6 is 11.6 Å². The van der Waals surface area contributed by atoms with Crippen LogP contribution in [-0.4, -0.2) is 22.9 Å². The minimum absolute atomic E-state index is 0.0547. The molecule has 0 saturated carbocycles. The number of ketones is 1. The smallest absolute Gasteiger partial charge is 0.166 e. The van der Waals surface area contributed by atoms with Crippen molar-refractivity contribution in [1.82, 2.24) is 10.3 Å². The molecule has 120 valence electrons. The quantitative estimate of drug-likeness (QED) is 0.865. The highest BCUT2D eigenvalue weighted by Gasteiger charge is 2.35.